The Morgan fingerprint density at radius 3 is 2.86 bits per heavy atom. The number of hydrogen-bond acceptors (Lipinski definition) is 4. The van der Waals surface area contributed by atoms with Gasteiger partial charge in [-0.25, -0.2) is 14.8 Å². The Bertz CT molecular complexity index is 321. The fourth-order valence-electron chi connectivity index (χ4n) is 0.590. The van der Waals surface area contributed by atoms with Gasteiger partial charge >= 0.3 is 11.9 Å². The molecule has 0 radical (unpaired) electrons. The van der Waals surface area contributed by atoms with Crippen LogP contribution in [0, 0.1) is 0 Å². The van der Waals surface area contributed by atoms with Gasteiger partial charge in [0, 0.05) is 6.20 Å². The van der Waals surface area contributed by atoms with Crippen molar-refractivity contribution in [2.24, 2.45) is 0 Å². The highest BCUT2D eigenvalue weighted by molar-refractivity contribution is 7.99. The molecule has 1 aromatic rings. The zero-order valence-electron chi connectivity index (χ0n) is 6.85. The van der Waals surface area contributed by atoms with Crippen molar-refractivity contribution in [3.8, 4) is 0 Å². The van der Waals surface area contributed by atoms with Crippen molar-refractivity contribution in [1.82, 2.24) is 9.97 Å². The molecule has 0 aromatic carbocycles. The van der Waals surface area contributed by atoms with E-state index in [1.807, 2.05) is 0 Å². The minimum absolute atomic E-state index is 0.320. The van der Waals surface area contributed by atoms with Crippen LogP contribution in [0.25, 0.3) is 0 Å². The zero-order chi connectivity index (χ0) is 10.6. The molecule has 0 aliphatic heterocycles. The van der Waals surface area contributed by atoms with Gasteiger partial charge in [0.25, 0.3) is 0 Å². The molecule has 0 saturated heterocycles. The third-order valence-corrected chi connectivity index (χ3v) is 2.31. The lowest BCUT2D eigenvalue weighted by atomic mass is 10.4. The number of rotatable bonds is 4. The fourth-order valence-corrected chi connectivity index (χ4v) is 1.32. The van der Waals surface area contributed by atoms with Gasteiger partial charge in [0.05, 0.1) is 10.8 Å². The maximum atomic E-state index is 12.6. The van der Waals surface area contributed by atoms with Gasteiger partial charge in [-0.15, -0.1) is 0 Å². The number of aromatic nitrogens is 2. The lowest BCUT2D eigenvalue weighted by Crippen LogP contribution is -2.30. The molecule has 1 heterocycles. The van der Waals surface area contributed by atoms with Crippen LogP contribution >= 0.6 is 11.8 Å². The molecule has 1 N–H and O–H groups in total. The van der Waals surface area contributed by atoms with Gasteiger partial charge in [0.1, 0.15) is 6.33 Å². The maximum Gasteiger partial charge on any atom is 0.375 e. The monoisotopic (exact) mass is 220 g/mol. The number of aliphatic carboxylic acids is 1. The molecular formula is C7H6F2N2O2S. The SMILES string of the molecule is O=C(O)C(F)(F)CSc1ccncn1. The zero-order valence-corrected chi connectivity index (χ0v) is 7.67. The average molecular weight is 220 g/mol. The number of hydrogen-bond donors (Lipinski definition) is 1. The number of carbonyl (C=O) groups is 1. The van der Waals surface area contributed by atoms with E-state index >= 15 is 0 Å². The van der Waals surface area contributed by atoms with Gasteiger partial charge in [0.2, 0.25) is 0 Å². The normalized spacial score (nSPS) is 11.3. The lowest BCUT2D eigenvalue weighted by Gasteiger charge is -2.09. The Labute approximate surface area is 82.4 Å². The van der Waals surface area contributed by atoms with E-state index in [9.17, 15) is 13.6 Å². The number of halogens is 2. The summed E-state index contributed by atoms with van der Waals surface area (Å²) < 4.78 is 25.1. The molecule has 0 aliphatic rings. The molecule has 0 fully saturated rings. The third kappa shape index (κ3) is 2.91. The summed E-state index contributed by atoms with van der Waals surface area (Å²) in [6.07, 6.45) is 2.61. The maximum absolute atomic E-state index is 12.6. The number of carboxylic acids is 1. The van der Waals surface area contributed by atoms with E-state index in [-0.39, 0.29) is 0 Å². The topological polar surface area (TPSA) is 63.1 Å². The first-order valence-electron chi connectivity index (χ1n) is 3.52. The van der Waals surface area contributed by atoms with Gasteiger partial charge in [-0.05, 0) is 6.07 Å². The van der Waals surface area contributed by atoms with Gasteiger partial charge < -0.3 is 5.11 Å². The average Bonchev–Trinajstić information content (AvgIpc) is 2.16. The van der Waals surface area contributed by atoms with Crippen molar-refractivity contribution in [3.63, 3.8) is 0 Å². The van der Waals surface area contributed by atoms with Crippen molar-refractivity contribution >= 4 is 17.7 Å². The first-order valence-corrected chi connectivity index (χ1v) is 4.51. The summed E-state index contributed by atoms with van der Waals surface area (Å²) in [4.78, 5) is 17.3. The highest BCUT2D eigenvalue weighted by Gasteiger charge is 2.38. The molecule has 0 bridgehead atoms. The highest BCUT2D eigenvalue weighted by atomic mass is 32.2. The molecule has 1 rings (SSSR count). The Morgan fingerprint density at radius 1 is 1.64 bits per heavy atom. The summed E-state index contributed by atoms with van der Waals surface area (Å²) in [5.41, 5.74) is 0. The minimum Gasteiger partial charge on any atom is -0.477 e. The van der Waals surface area contributed by atoms with Crippen LogP contribution in [-0.2, 0) is 4.79 Å². The number of nitrogens with zero attached hydrogens (tertiary/aromatic N) is 2. The number of thioether (sulfide) groups is 1. The number of alkyl halides is 2. The Kier molecular flexibility index (Phi) is 3.34. The van der Waals surface area contributed by atoms with E-state index in [0.29, 0.717) is 16.8 Å². The number of carboxylic acid groups (broad SMARTS) is 1. The van der Waals surface area contributed by atoms with E-state index in [4.69, 9.17) is 5.11 Å². The van der Waals surface area contributed by atoms with Gasteiger partial charge in [0.15, 0.2) is 0 Å². The van der Waals surface area contributed by atoms with Crippen molar-refractivity contribution in [3.05, 3.63) is 18.6 Å². The van der Waals surface area contributed by atoms with Gasteiger partial charge in [-0.1, -0.05) is 11.8 Å². The minimum atomic E-state index is -3.73. The smallest absolute Gasteiger partial charge is 0.375 e. The summed E-state index contributed by atoms with van der Waals surface area (Å²) in [6, 6.07) is 1.43. The molecular weight excluding hydrogens is 214 g/mol. The summed E-state index contributed by atoms with van der Waals surface area (Å²) in [5, 5.41) is 8.44. The Morgan fingerprint density at radius 2 is 2.36 bits per heavy atom. The van der Waals surface area contributed by atoms with Crippen molar-refractivity contribution in [2.75, 3.05) is 5.75 Å². The Balaban J connectivity index is 2.53. The first kappa shape index (κ1) is 10.8. The second-order valence-corrected chi connectivity index (χ2v) is 3.34. The quantitative estimate of drug-likeness (QED) is 0.611. The molecule has 0 aliphatic carbocycles. The molecule has 76 valence electrons. The molecule has 0 atom stereocenters. The van der Waals surface area contributed by atoms with Crippen LogP contribution in [0.4, 0.5) is 8.78 Å². The third-order valence-electron chi connectivity index (χ3n) is 1.27. The summed E-state index contributed by atoms with van der Waals surface area (Å²) in [6.45, 7) is 0. The van der Waals surface area contributed by atoms with Crippen molar-refractivity contribution in [2.45, 2.75) is 10.9 Å². The first-order chi connectivity index (χ1) is 6.52. The van der Waals surface area contributed by atoms with Crippen LogP contribution in [0.15, 0.2) is 23.6 Å². The van der Waals surface area contributed by atoms with Crippen LogP contribution < -0.4 is 0 Å². The molecule has 0 amide bonds. The molecule has 14 heavy (non-hydrogen) atoms. The summed E-state index contributed by atoms with van der Waals surface area (Å²) >= 11 is 0.674. The summed E-state index contributed by atoms with van der Waals surface area (Å²) in [5.74, 6) is -6.69. The molecule has 1 aromatic heterocycles. The van der Waals surface area contributed by atoms with Gasteiger partial charge in [-0.3, -0.25) is 0 Å². The molecule has 0 saturated carbocycles. The van der Waals surface area contributed by atoms with Crippen molar-refractivity contribution < 1.29 is 18.7 Å². The largest absolute Gasteiger partial charge is 0.477 e. The van der Waals surface area contributed by atoms with Crippen LogP contribution in [0.2, 0.25) is 0 Å². The van der Waals surface area contributed by atoms with Crippen LogP contribution in [-0.4, -0.2) is 32.7 Å². The predicted molar refractivity (Wildman–Crippen MR) is 45.3 cm³/mol. The van der Waals surface area contributed by atoms with Crippen LogP contribution in [0.3, 0.4) is 0 Å². The van der Waals surface area contributed by atoms with E-state index in [1.165, 1.54) is 18.6 Å². The second kappa shape index (κ2) is 4.32. The van der Waals surface area contributed by atoms with E-state index in [1.54, 1.807) is 0 Å². The van der Waals surface area contributed by atoms with E-state index in [0.717, 1.165) is 0 Å². The second-order valence-electron chi connectivity index (χ2n) is 2.35. The summed E-state index contributed by atoms with van der Waals surface area (Å²) in [7, 11) is 0. The van der Waals surface area contributed by atoms with Gasteiger partial charge in [-0.2, -0.15) is 8.78 Å². The van der Waals surface area contributed by atoms with Crippen molar-refractivity contribution in [1.29, 1.82) is 0 Å². The molecule has 0 unspecified atom stereocenters. The fraction of sp³-hybridized carbons (Fsp3) is 0.286. The van der Waals surface area contributed by atoms with Crippen LogP contribution in [0.1, 0.15) is 0 Å². The lowest BCUT2D eigenvalue weighted by molar-refractivity contribution is -0.161. The van der Waals surface area contributed by atoms with E-state index < -0.39 is 17.6 Å². The molecule has 7 heteroatoms. The van der Waals surface area contributed by atoms with E-state index in [2.05, 4.69) is 9.97 Å². The molecule has 4 nitrogen and oxygen atoms in total. The van der Waals surface area contributed by atoms with Crippen LogP contribution in [0.5, 0.6) is 0 Å². The Hall–Kier alpha value is -1.24. The standard InChI is InChI=1S/C7H6F2N2O2S/c8-7(9,6(12)13)3-14-5-1-2-10-4-11-5/h1-2,4H,3H2,(H,12,13). The predicted octanol–water partition coefficient (Wildman–Crippen LogP) is 1.29. The molecule has 0 spiro atoms. The highest BCUT2D eigenvalue weighted by Crippen LogP contribution is 2.24.